The van der Waals surface area contributed by atoms with Crippen LogP contribution in [-0.4, -0.2) is 48.2 Å². The van der Waals surface area contributed by atoms with E-state index in [1.807, 2.05) is 59.5 Å². The van der Waals surface area contributed by atoms with Gasteiger partial charge in [-0.2, -0.15) is 0 Å². The van der Waals surface area contributed by atoms with Crippen molar-refractivity contribution in [2.45, 2.75) is 9.92 Å². The highest BCUT2D eigenvalue weighted by Crippen LogP contribution is 2.38. The van der Waals surface area contributed by atoms with E-state index in [1.165, 1.54) is 18.1 Å². The third-order valence-electron chi connectivity index (χ3n) is 4.93. The fraction of sp³-hybridized carbons (Fsp3) is 0.238. The highest BCUT2D eigenvalue weighted by molar-refractivity contribution is 7.99. The van der Waals surface area contributed by atoms with Crippen molar-refractivity contribution in [2.75, 3.05) is 43.1 Å². The monoisotopic (exact) mass is 423 g/mol. The lowest BCUT2D eigenvalue weighted by Gasteiger charge is -2.36. The summed E-state index contributed by atoms with van der Waals surface area (Å²) in [6.07, 6.45) is 1.41. The number of benzene rings is 2. The Hall–Kier alpha value is -3.33. The minimum atomic E-state index is -0.379. The number of piperazine rings is 1. The molecular weight excluding hydrogens is 402 g/mol. The van der Waals surface area contributed by atoms with E-state index in [-0.39, 0.29) is 10.6 Å². The molecule has 0 radical (unpaired) electrons. The minimum Gasteiger partial charge on any atom is -0.497 e. The molecule has 8 nitrogen and oxygen atoms in total. The van der Waals surface area contributed by atoms with Gasteiger partial charge in [0.15, 0.2) is 5.03 Å². The molecule has 1 aliphatic heterocycles. The zero-order chi connectivity index (χ0) is 20.9. The molecule has 2 aromatic carbocycles. The summed E-state index contributed by atoms with van der Waals surface area (Å²) in [5.41, 5.74) is 1.07. The van der Waals surface area contributed by atoms with Crippen molar-refractivity contribution >= 4 is 29.0 Å². The normalized spacial score (nSPS) is 13.9. The number of aromatic nitrogens is 2. The van der Waals surface area contributed by atoms with Crippen molar-refractivity contribution in [3.63, 3.8) is 0 Å². The molecule has 3 aromatic rings. The van der Waals surface area contributed by atoms with Gasteiger partial charge in [0.25, 0.3) is 0 Å². The molecule has 1 aliphatic rings. The van der Waals surface area contributed by atoms with Crippen LogP contribution in [0.25, 0.3) is 0 Å². The average Bonchev–Trinajstić information content (AvgIpc) is 2.79. The smallest absolute Gasteiger partial charge is 0.343 e. The maximum Gasteiger partial charge on any atom is 0.343 e. The van der Waals surface area contributed by atoms with E-state index in [0.29, 0.717) is 23.9 Å². The largest absolute Gasteiger partial charge is 0.497 e. The number of hydrogen-bond donors (Lipinski definition) is 0. The number of rotatable bonds is 6. The van der Waals surface area contributed by atoms with E-state index < -0.39 is 0 Å². The molecule has 1 saturated heterocycles. The summed E-state index contributed by atoms with van der Waals surface area (Å²) >= 11 is 1.28. The van der Waals surface area contributed by atoms with Gasteiger partial charge in [0, 0.05) is 36.8 Å². The molecule has 4 rings (SSSR count). The standard InChI is InChI=1S/C21H21N5O3S/c1-29-17-9-7-16(8-10-17)24-11-13-25(14-12-24)20-19(26(27)28)21(23-15-22-20)30-18-5-3-2-4-6-18/h2-10,15H,11-14H2,1H3. The predicted molar refractivity (Wildman–Crippen MR) is 117 cm³/mol. The van der Waals surface area contributed by atoms with Crippen molar-refractivity contribution in [3.05, 3.63) is 71.0 Å². The van der Waals surface area contributed by atoms with Crippen molar-refractivity contribution in [1.29, 1.82) is 0 Å². The van der Waals surface area contributed by atoms with Crippen LogP contribution >= 0.6 is 11.8 Å². The van der Waals surface area contributed by atoms with Crippen LogP contribution in [-0.2, 0) is 0 Å². The van der Waals surface area contributed by atoms with E-state index >= 15 is 0 Å². The van der Waals surface area contributed by atoms with E-state index in [0.717, 1.165) is 29.4 Å². The number of nitrogens with zero attached hydrogens (tertiary/aromatic N) is 5. The third kappa shape index (κ3) is 4.30. The summed E-state index contributed by atoms with van der Waals surface area (Å²) in [5.74, 6) is 1.19. The lowest BCUT2D eigenvalue weighted by Crippen LogP contribution is -2.47. The molecule has 0 saturated carbocycles. The number of methoxy groups -OCH3 is 1. The first-order chi connectivity index (χ1) is 14.7. The molecular formula is C21H21N5O3S. The maximum absolute atomic E-state index is 11.9. The number of ether oxygens (including phenoxy) is 1. The lowest BCUT2D eigenvalue weighted by atomic mass is 10.2. The van der Waals surface area contributed by atoms with Crippen LogP contribution in [0.2, 0.25) is 0 Å². The Morgan fingerprint density at radius 3 is 2.27 bits per heavy atom. The quantitative estimate of drug-likeness (QED) is 0.336. The molecule has 9 heteroatoms. The molecule has 1 fully saturated rings. The molecule has 154 valence electrons. The zero-order valence-corrected chi connectivity index (χ0v) is 17.3. The Labute approximate surface area is 178 Å². The van der Waals surface area contributed by atoms with Gasteiger partial charge in [0.1, 0.15) is 12.1 Å². The third-order valence-corrected chi connectivity index (χ3v) is 5.93. The Kier molecular flexibility index (Phi) is 5.99. The summed E-state index contributed by atoms with van der Waals surface area (Å²) in [5, 5.41) is 12.2. The second-order valence-electron chi connectivity index (χ2n) is 6.70. The molecule has 0 amide bonds. The molecule has 1 aromatic heterocycles. The number of nitro groups is 1. The first kappa shape index (κ1) is 20.0. The van der Waals surface area contributed by atoms with Crippen LogP contribution in [0.5, 0.6) is 5.75 Å². The van der Waals surface area contributed by atoms with Crippen LogP contribution in [0.4, 0.5) is 17.2 Å². The Morgan fingerprint density at radius 2 is 1.63 bits per heavy atom. The Bertz CT molecular complexity index is 1010. The molecule has 0 N–H and O–H groups in total. The Balaban J connectivity index is 1.52. The van der Waals surface area contributed by atoms with E-state index in [2.05, 4.69) is 14.9 Å². The van der Waals surface area contributed by atoms with E-state index in [1.54, 1.807) is 7.11 Å². The summed E-state index contributed by atoms with van der Waals surface area (Å²) in [6, 6.07) is 17.4. The van der Waals surface area contributed by atoms with Gasteiger partial charge >= 0.3 is 5.69 Å². The van der Waals surface area contributed by atoms with Gasteiger partial charge in [-0.05, 0) is 36.4 Å². The summed E-state index contributed by atoms with van der Waals surface area (Å²) in [7, 11) is 1.65. The predicted octanol–water partition coefficient (Wildman–Crippen LogP) is 3.87. The van der Waals surface area contributed by atoms with Crippen LogP contribution in [0.15, 0.2) is 70.8 Å². The molecule has 0 aliphatic carbocycles. The van der Waals surface area contributed by atoms with Gasteiger partial charge < -0.3 is 14.5 Å². The second-order valence-corrected chi connectivity index (χ2v) is 7.76. The summed E-state index contributed by atoms with van der Waals surface area (Å²) in [6.45, 7) is 2.77. The first-order valence-electron chi connectivity index (χ1n) is 9.52. The SMILES string of the molecule is COc1ccc(N2CCN(c3ncnc(Sc4ccccc4)c3[N+](=O)[O-])CC2)cc1. The van der Waals surface area contributed by atoms with Gasteiger partial charge in [-0.1, -0.05) is 30.0 Å². The fourth-order valence-electron chi connectivity index (χ4n) is 3.39. The molecule has 2 heterocycles. The van der Waals surface area contributed by atoms with Gasteiger partial charge in [0.2, 0.25) is 5.82 Å². The van der Waals surface area contributed by atoms with Gasteiger partial charge in [0.05, 0.1) is 12.0 Å². The van der Waals surface area contributed by atoms with Crippen molar-refractivity contribution in [2.24, 2.45) is 0 Å². The molecule has 0 spiro atoms. The molecule has 30 heavy (non-hydrogen) atoms. The fourth-order valence-corrected chi connectivity index (χ4v) is 4.27. The van der Waals surface area contributed by atoms with E-state index in [9.17, 15) is 10.1 Å². The topological polar surface area (TPSA) is 84.6 Å². The van der Waals surface area contributed by atoms with Gasteiger partial charge in [-0.25, -0.2) is 9.97 Å². The summed E-state index contributed by atoms with van der Waals surface area (Å²) < 4.78 is 5.21. The number of anilines is 2. The lowest BCUT2D eigenvalue weighted by molar-refractivity contribution is -0.387. The molecule has 0 bridgehead atoms. The first-order valence-corrected chi connectivity index (χ1v) is 10.3. The van der Waals surface area contributed by atoms with Crippen LogP contribution in [0.1, 0.15) is 0 Å². The maximum atomic E-state index is 11.9. The van der Waals surface area contributed by atoms with Gasteiger partial charge in [-0.3, -0.25) is 10.1 Å². The average molecular weight is 423 g/mol. The Morgan fingerprint density at radius 1 is 0.967 bits per heavy atom. The highest BCUT2D eigenvalue weighted by atomic mass is 32.2. The van der Waals surface area contributed by atoms with Crippen LogP contribution in [0, 0.1) is 10.1 Å². The van der Waals surface area contributed by atoms with Crippen molar-refractivity contribution < 1.29 is 9.66 Å². The second kappa shape index (κ2) is 9.00. The highest BCUT2D eigenvalue weighted by Gasteiger charge is 2.29. The molecule has 0 atom stereocenters. The van der Waals surface area contributed by atoms with E-state index in [4.69, 9.17) is 4.74 Å². The molecule has 0 unspecified atom stereocenters. The van der Waals surface area contributed by atoms with Crippen molar-refractivity contribution in [3.8, 4) is 5.75 Å². The van der Waals surface area contributed by atoms with Crippen LogP contribution in [0.3, 0.4) is 0 Å². The summed E-state index contributed by atoms with van der Waals surface area (Å²) in [4.78, 5) is 25.1. The zero-order valence-electron chi connectivity index (χ0n) is 16.5. The van der Waals surface area contributed by atoms with Crippen molar-refractivity contribution in [1.82, 2.24) is 9.97 Å². The minimum absolute atomic E-state index is 0.0377. The number of hydrogen-bond acceptors (Lipinski definition) is 8. The van der Waals surface area contributed by atoms with Crippen LogP contribution < -0.4 is 14.5 Å². The van der Waals surface area contributed by atoms with Gasteiger partial charge in [-0.15, -0.1) is 0 Å².